The number of nitrogens with two attached hydrogens (primary N) is 1. The summed E-state index contributed by atoms with van der Waals surface area (Å²) in [5.41, 5.74) is 5.53. The summed E-state index contributed by atoms with van der Waals surface area (Å²) in [6.45, 7) is -2.01. The van der Waals surface area contributed by atoms with Crippen molar-refractivity contribution in [2.45, 2.75) is 31.5 Å². The van der Waals surface area contributed by atoms with E-state index in [-0.39, 0.29) is 18.2 Å². The molecule has 1 aromatic rings. The quantitative estimate of drug-likeness (QED) is 0.823. The number of halogens is 3. The van der Waals surface area contributed by atoms with Gasteiger partial charge in [-0.3, -0.25) is 4.79 Å². The lowest BCUT2D eigenvalue weighted by atomic mass is 9.90. The Kier molecular flexibility index (Phi) is 5.71. The summed E-state index contributed by atoms with van der Waals surface area (Å²) >= 11 is 3.26. The van der Waals surface area contributed by atoms with Crippen LogP contribution in [0.2, 0.25) is 0 Å². The second-order valence-electron chi connectivity index (χ2n) is 5.08. The zero-order valence-corrected chi connectivity index (χ0v) is 13.4. The standard InChI is InChI=1S/C14H17BrF2N2O3/c15-10-1-2-11(22-13(16)17)9(7-10)8-19-12(20)14(18)3-5-21-6-4-14/h1-2,7,13H,3-6,8,18H2,(H,19,20). The smallest absolute Gasteiger partial charge is 0.387 e. The van der Waals surface area contributed by atoms with Gasteiger partial charge in [-0.1, -0.05) is 15.9 Å². The highest BCUT2D eigenvalue weighted by molar-refractivity contribution is 9.10. The SMILES string of the molecule is NC1(C(=O)NCc2cc(Br)ccc2OC(F)F)CCOCC1. The van der Waals surface area contributed by atoms with Gasteiger partial charge in [-0.2, -0.15) is 8.78 Å². The fourth-order valence-corrected chi connectivity index (χ4v) is 2.62. The lowest BCUT2D eigenvalue weighted by molar-refractivity contribution is -0.129. The van der Waals surface area contributed by atoms with Gasteiger partial charge in [0.05, 0.1) is 5.54 Å². The van der Waals surface area contributed by atoms with Crippen molar-refractivity contribution in [3.05, 3.63) is 28.2 Å². The molecule has 0 saturated carbocycles. The van der Waals surface area contributed by atoms with Crippen molar-refractivity contribution >= 4 is 21.8 Å². The van der Waals surface area contributed by atoms with Crippen LogP contribution in [-0.4, -0.2) is 31.3 Å². The molecule has 1 aliphatic rings. The summed E-state index contributed by atoms with van der Waals surface area (Å²) in [7, 11) is 0. The topological polar surface area (TPSA) is 73.6 Å². The number of hydrogen-bond donors (Lipinski definition) is 2. The number of alkyl halides is 2. The summed E-state index contributed by atoms with van der Waals surface area (Å²) in [6, 6.07) is 4.63. The van der Waals surface area contributed by atoms with Gasteiger partial charge in [0.25, 0.3) is 0 Å². The van der Waals surface area contributed by atoms with E-state index in [1.54, 1.807) is 12.1 Å². The number of rotatable bonds is 5. The Morgan fingerprint density at radius 2 is 2.14 bits per heavy atom. The van der Waals surface area contributed by atoms with Crippen molar-refractivity contribution in [2.75, 3.05) is 13.2 Å². The first-order chi connectivity index (χ1) is 10.4. The van der Waals surface area contributed by atoms with E-state index in [0.29, 0.717) is 36.1 Å². The van der Waals surface area contributed by atoms with Crippen molar-refractivity contribution in [2.24, 2.45) is 5.73 Å². The number of hydrogen-bond acceptors (Lipinski definition) is 4. The van der Waals surface area contributed by atoms with Crippen LogP contribution < -0.4 is 15.8 Å². The normalized spacial score (nSPS) is 17.3. The summed E-state index contributed by atoms with van der Waals surface area (Å²) in [5.74, 6) is -0.296. The Hall–Kier alpha value is -1.25. The van der Waals surface area contributed by atoms with E-state index < -0.39 is 12.2 Å². The van der Waals surface area contributed by atoms with Gasteiger partial charge in [-0.05, 0) is 31.0 Å². The monoisotopic (exact) mass is 378 g/mol. The molecule has 3 N–H and O–H groups in total. The Morgan fingerprint density at radius 1 is 1.45 bits per heavy atom. The van der Waals surface area contributed by atoms with Gasteiger partial charge in [0.15, 0.2) is 0 Å². The number of ether oxygens (including phenoxy) is 2. The molecule has 1 aliphatic heterocycles. The van der Waals surface area contributed by atoms with Crippen LogP contribution in [0.15, 0.2) is 22.7 Å². The minimum atomic E-state index is -2.92. The lowest BCUT2D eigenvalue weighted by Gasteiger charge is -2.31. The Bertz CT molecular complexity index is 537. The van der Waals surface area contributed by atoms with Crippen LogP contribution >= 0.6 is 15.9 Å². The van der Waals surface area contributed by atoms with Gasteiger partial charge in [-0.25, -0.2) is 0 Å². The second kappa shape index (κ2) is 7.34. The van der Waals surface area contributed by atoms with E-state index in [1.165, 1.54) is 6.07 Å². The van der Waals surface area contributed by atoms with Crippen LogP contribution in [0.4, 0.5) is 8.78 Å². The van der Waals surface area contributed by atoms with E-state index in [2.05, 4.69) is 26.0 Å². The molecule has 0 unspecified atom stereocenters. The third-order valence-corrected chi connectivity index (χ3v) is 4.01. The van der Waals surface area contributed by atoms with Crippen molar-refractivity contribution in [3.8, 4) is 5.75 Å². The van der Waals surface area contributed by atoms with E-state index in [0.717, 1.165) is 0 Å². The molecule has 8 heteroatoms. The molecule has 1 saturated heterocycles. The maximum absolute atomic E-state index is 12.4. The average molecular weight is 379 g/mol. The fourth-order valence-electron chi connectivity index (χ4n) is 2.21. The second-order valence-corrected chi connectivity index (χ2v) is 6.00. The molecular weight excluding hydrogens is 362 g/mol. The summed E-state index contributed by atoms with van der Waals surface area (Å²) in [5, 5.41) is 2.68. The van der Waals surface area contributed by atoms with Gasteiger partial charge < -0.3 is 20.5 Å². The van der Waals surface area contributed by atoms with E-state index in [1.807, 2.05) is 0 Å². The Morgan fingerprint density at radius 3 is 2.77 bits per heavy atom. The minimum absolute atomic E-state index is 0.0246. The van der Waals surface area contributed by atoms with Gasteiger partial charge >= 0.3 is 6.61 Å². The highest BCUT2D eigenvalue weighted by atomic mass is 79.9. The molecule has 5 nitrogen and oxygen atoms in total. The molecule has 0 bridgehead atoms. The molecule has 0 radical (unpaired) electrons. The van der Waals surface area contributed by atoms with Crippen molar-refractivity contribution < 1.29 is 23.0 Å². The molecule has 1 fully saturated rings. The van der Waals surface area contributed by atoms with Crippen LogP contribution in [0.3, 0.4) is 0 Å². The third kappa shape index (κ3) is 4.37. The van der Waals surface area contributed by atoms with Crippen LogP contribution in [0.5, 0.6) is 5.75 Å². The highest BCUT2D eigenvalue weighted by Gasteiger charge is 2.35. The molecule has 0 aromatic heterocycles. The molecule has 1 aromatic carbocycles. The average Bonchev–Trinajstić information content (AvgIpc) is 2.47. The summed E-state index contributed by atoms with van der Waals surface area (Å²) < 4.78 is 35.1. The molecule has 1 heterocycles. The number of benzene rings is 1. The van der Waals surface area contributed by atoms with E-state index in [4.69, 9.17) is 10.5 Å². The minimum Gasteiger partial charge on any atom is -0.434 e. The number of carbonyl (C=O) groups excluding carboxylic acids is 1. The van der Waals surface area contributed by atoms with E-state index in [9.17, 15) is 13.6 Å². The number of carbonyl (C=O) groups is 1. The first kappa shape index (κ1) is 17.1. The van der Waals surface area contributed by atoms with Gasteiger partial charge in [-0.15, -0.1) is 0 Å². The van der Waals surface area contributed by atoms with Gasteiger partial charge in [0.1, 0.15) is 5.75 Å². The molecule has 1 amide bonds. The molecule has 2 rings (SSSR count). The largest absolute Gasteiger partial charge is 0.434 e. The van der Waals surface area contributed by atoms with Crippen LogP contribution in [0, 0.1) is 0 Å². The lowest BCUT2D eigenvalue weighted by Crippen LogP contribution is -2.56. The predicted molar refractivity (Wildman–Crippen MR) is 79.6 cm³/mol. The molecule has 122 valence electrons. The van der Waals surface area contributed by atoms with Crippen molar-refractivity contribution in [1.82, 2.24) is 5.32 Å². The first-order valence-electron chi connectivity index (χ1n) is 6.79. The number of nitrogens with one attached hydrogen (secondary N) is 1. The Labute approximate surface area is 135 Å². The Balaban J connectivity index is 2.04. The third-order valence-electron chi connectivity index (χ3n) is 3.52. The first-order valence-corrected chi connectivity index (χ1v) is 7.58. The summed E-state index contributed by atoms with van der Waals surface area (Å²) in [6.07, 6.45) is 0.857. The van der Waals surface area contributed by atoms with Gasteiger partial charge in [0.2, 0.25) is 5.91 Å². The summed E-state index contributed by atoms with van der Waals surface area (Å²) in [4.78, 5) is 12.2. The molecule has 0 aliphatic carbocycles. The van der Waals surface area contributed by atoms with Gasteiger partial charge in [0, 0.05) is 29.8 Å². The molecule has 0 atom stereocenters. The zero-order valence-electron chi connectivity index (χ0n) is 11.8. The zero-order chi connectivity index (χ0) is 16.2. The van der Waals surface area contributed by atoms with E-state index >= 15 is 0 Å². The fraction of sp³-hybridized carbons (Fsp3) is 0.500. The maximum Gasteiger partial charge on any atom is 0.387 e. The molecule has 22 heavy (non-hydrogen) atoms. The van der Waals surface area contributed by atoms with Crippen LogP contribution in [0.25, 0.3) is 0 Å². The predicted octanol–water partition coefficient (Wildman–Crippen LogP) is 2.17. The van der Waals surface area contributed by atoms with Crippen molar-refractivity contribution in [1.29, 1.82) is 0 Å². The maximum atomic E-state index is 12.4. The number of amides is 1. The van der Waals surface area contributed by atoms with Crippen molar-refractivity contribution in [3.63, 3.8) is 0 Å². The molecule has 0 spiro atoms. The van der Waals surface area contributed by atoms with Crippen LogP contribution in [0.1, 0.15) is 18.4 Å². The molecular formula is C14H17BrF2N2O3. The van der Waals surface area contributed by atoms with Crippen LogP contribution in [-0.2, 0) is 16.1 Å². The highest BCUT2D eigenvalue weighted by Crippen LogP contribution is 2.25.